The van der Waals surface area contributed by atoms with Crippen molar-refractivity contribution in [2.45, 2.75) is 6.42 Å². The molecule has 0 fully saturated rings. The Labute approximate surface area is 101 Å². The molecule has 1 aliphatic heterocycles. The first-order chi connectivity index (χ1) is 7.83. The highest BCUT2D eigenvalue weighted by Crippen LogP contribution is 2.25. The highest BCUT2D eigenvalue weighted by molar-refractivity contribution is 7.96. The van der Waals surface area contributed by atoms with Crippen molar-refractivity contribution in [1.82, 2.24) is 4.31 Å². The highest BCUT2D eigenvalue weighted by Gasteiger charge is 2.11. The number of ether oxygens (including phenoxy) is 1. The van der Waals surface area contributed by atoms with Crippen molar-refractivity contribution in [2.24, 2.45) is 0 Å². The van der Waals surface area contributed by atoms with Crippen molar-refractivity contribution in [1.29, 1.82) is 0 Å². The summed E-state index contributed by atoms with van der Waals surface area (Å²) in [7, 11) is 1.70. The maximum Gasteiger partial charge on any atom is 0.118 e. The molecular formula is C13H17NOS. The van der Waals surface area contributed by atoms with Crippen LogP contribution in [0.15, 0.2) is 30.3 Å². The van der Waals surface area contributed by atoms with Crippen LogP contribution in [-0.4, -0.2) is 30.8 Å². The normalized spacial score (nSPS) is 17.0. The number of rotatable bonds is 3. The molecule has 0 radical (unpaired) electrons. The van der Waals surface area contributed by atoms with Crippen molar-refractivity contribution in [3.63, 3.8) is 0 Å². The van der Waals surface area contributed by atoms with Gasteiger partial charge in [0.2, 0.25) is 0 Å². The van der Waals surface area contributed by atoms with Gasteiger partial charge in [-0.05, 0) is 35.9 Å². The summed E-state index contributed by atoms with van der Waals surface area (Å²) in [6, 6.07) is 8.33. The van der Waals surface area contributed by atoms with E-state index < -0.39 is 0 Å². The molecule has 1 aromatic rings. The van der Waals surface area contributed by atoms with E-state index in [-0.39, 0.29) is 0 Å². The van der Waals surface area contributed by atoms with E-state index in [4.69, 9.17) is 4.74 Å². The Kier molecular flexibility index (Phi) is 3.91. The van der Waals surface area contributed by atoms with Gasteiger partial charge in [-0.2, -0.15) is 0 Å². The molecule has 1 heterocycles. The quantitative estimate of drug-likeness (QED) is 0.747. The summed E-state index contributed by atoms with van der Waals surface area (Å²) in [5, 5.41) is 0. The summed E-state index contributed by atoms with van der Waals surface area (Å²) >= 11 is 1.82. The Morgan fingerprint density at radius 2 is 2.00 bits per heavy atom. The zero-order valence-corrected chi connectivity index (χ0v) is 10.6. The largest absolute Gasteiger partial charge is 0.497 e. The molecule has 0 N–H and O–H groups in total. The third-order valence-electron chi connectivity index (χ3n) is 2.89. The van der Waals surface area contributed by atoms with Crippen LogP contribution in [0.3, 0.4) is 0 Å². The van der Waals surface area contributed by atoms with Crippen LogP contribution >= 0.6 is 11.9 Å². The second kappa shape index (κ2) is 5.41. The van der Waals surface area contributed by atoms with Crippen molar-refractivity contribution >= 4 is 17.5 Å². The van der Waals surface area contributed by atoms with Crippen LogP contribution in [0.5, 0.6) is 5.75 Å². The molecule has 3 heteroatoms. The minimum atomic E-state index is 0.922. The first-order valence-electron chi connectivity index (χ1n) is 5.46. The minimum absolute atomic E-state index is 0.922. The molecule has 0 aromatic heterocycles. The third-order valence-corrected chi connectivity index (χ3v) is 3.74. The fourth-order valence-electron chi connectivity index (χ4n) is 1.88. The van der Waals surface area contributed by atoms with Gasteiger partial charge in [0.1, 0.15) is 5.75 Å². The van der Waals surface area contributed by atoms with E-state index in [9.17, 15) is 0 Å². The van der Waals surface area contributed by atoms with Gasteiger partial charge in [-0.15, -0.1) is 0 Å². The van der Waals surface area contributed by atoms with Crippen LogP contribution in [-0.2, 0) is 0 Å². The molecule has 0 saturated carbocycles. The molecule has 0 bridgehead atoms. The second-order valence-corrected chi connectivity index (χ2v) is 4.66. The molecule has 16 heavy (non-hydrogen) atoms. The zero-order valence-electron chi connectivity index (χ0n) is 9.77. The highest BCUT2D eigenvalue weighted by atomic mass is 32.2. The lowest BCUT2D eigenvalue weighted by atomic mass is 10.0. The number of hydrogen-bond donors (Lipinski definition) is 0. The van der Waals surface area contributed by atoms with E-state index in [1.165, 1.54) is 11.1 Å². The Balaban J connectivity index is 2.10. The van der Waals surface area contributed by atoms with Gasteiger partial charge in [-0.3, -0.25) is 0 Å². The van der Waals surface area contributed by atoms with Crippen molar-refractivity contribution in [3.8, 4) is 5.75 Å². The number of benzene rings is 1. The summed E-state index contributed by atoms with van der Waals surface area (Å²) < 4.78 is 7.53. The Morgan fingerprint density at radius 1 is 1.25 bits per heavy atom. The molecule has 1 aliphatic rings. The fourth-order valence-corrected chi connectivity index (χ4v) is 2.38. The Morgan fingerprint density at radius 3 is 2.50 bits per heavy atom. The van der Waals surface area contributed by atoms with E-state index in [0.29, 0.717) is 0 Å². The summed E-state index contributed by atoms with van der Waals surface area (Å²) in [4.78, 5) is 0. The standard InChI is InChI=1S/C13H17NOS/c1-15-13-5-3-11(4-6-13)12-7-9-14(16-2)10-8-12/h3-7H,8-10H2,1-2H3. The van der Waals surface area contributed by atoms with Gasteiger partial charge in [0.15, 0.2) is 0 Å². The monoisotopic (exact) mass is 235 g/mol. The van der Waals surface area contributed by atoms with Crippen molar-refractivity contribution < 1.29 is 4.74 Å². The van der Waals surface area contributed by atoms with Crippen LogP contribution in [0, 0.1) is 0 Å². The molecule has 0 atom stereocenters. The predicted octanol–water partition coefficient (Wildman–Crippen LogP) is 3.06. The SMILES string of the molecule is COc1ccc(C2=CCN(SC)CC2)cc1. The van der Waals surface area contributed by atoms with E-state index >= 15 is 0 Å². The second-order valence-electron chi connectivity index (χ2n) is 3.78. The molecule has 2 rings (SSSR count). The lowest BCUT2D eigenvalue weighted by Gasteiger charge is -2.23. The lowest BCUT2D eigenvalue weighted by Crippen LogP contribution is -2.21. The van der Waals surface area contributed by atoms with Gasteiger partial charge in [-0.1, -0.05) is 30.2 Å². The van der Waals surface area contributed by atoms with Crippen LogP contribution < -0.4 is 4.74 Å². The first kappa shape index (κ1) is 11.6. The van der Waals surface area contributed by atoms with E-state index in [1.54, 1.807) is 7.11 Å². The van der Waals surface area contributed by atoms with Crippen LogP contribution in [0.2, 0.25) is 0 Å². The fraction of sp³-hybridized carbons (Fsp3) is 0.385. The van der Waals surface area contributed by atoms with Gasteiger partial charge >= 0.3 is 0 Å². The maximum atomic E-state index is 5.16. The van der Waals surface area contributed by atoms with Crippen LogP contribution in [0.4, 0.5) is 0 Å². The number of methoxy groups -OCH3 is 1. The molecule has 1 aromatic carbocycles. The average Bonchev–Trinajstić information content (AvgIpc) is 2.39. The van der Waals surface area contributed by atoms with E-state index in [0.717, 1.165) is 25.3 Å². The van der Waals surface area contributed by atoms with E-state index in [2.05, 4.69) is 28.8 Å². The summed E-state index contributed by atoms with van der Waals surface area (Å²) in [5.74, 6) is 0.922. The molecule has 0 saturated heterocycles. The number of nitrogens with zero attached hydrogens (tertiary/aromatic N) is 1. The minimum Gasteiger partial charge on any atom is -0.497 e. The maximum absolute atomic E-state index is 5.16. The predicted molar refractivity (Wildman–Crippen MR) is 70.7 cm³/mol. The summed E-state index contributed by atoms with van der Waals surface area (Å²) in [6.45, 7) is 2.18. The van der Waals surface area contributed by atoms with Gasteiger partial charge in [0.05, 0.1) is 7.11 Å². The smallest absolute Gasteiger partial charge is 0.118 e. The zero-order chi connectivity index (χ0) is 11.4. The molecular weight excluding hydrogens is 218 g/mol. The first-order valence-corrected chi connectivity index (χ1v) is 6.64. The molecule has 0 amide bonds. The topological polar surface area (TPSA) is 12.5 Å². The van der Waals surface area contributed by atoms with Gasteiger partial charge in [0.25, 0.3) is 0 Å². The van der Waals surface area contributed by atoms with Gasteiger partial charge < -0.3 is 4.74 Å². The molecule has 86 valence electrons. The molecule has 0 aliphatic carbocycles. The molecule has 0 spiro atoms. The number of hydrogen-bond acceptors (Lipinski definition) is 3. The lowest BCUT2D eigenvalue weighted by molar-refractivity contribution is 0.414. The Bertz CT molecular complexity index is 372. The van der Waals surface area contributed by atoms with Crippen LogP contribution in [0.1, 0.15) is 12.0 Å². The van der Waals surface area contributed by atoms with E-state index in [1.807, 2.05) is 24.1 Å². The third kappa shape index (κ3) is 2.60. The van der Waals surface area contributed by atoms with Gasteiger partial charge in [-0.25, -0.2) is 4.31 Å². The molecule has 2 nitrogen and oxygen atoms in total. The van der Waals surface area contributed by atoms with Crippen LogP contribution in [0.25, 0.3) is 5.57 Å². The Hall–Kier alpha value is -0.930. The average molecular weight is 235 g/mol. The summed E-state index contributed by atoms with van der Waals surface area (Å²) in [5.41, 5.74) is 2.77. The summed E-state index contributed by atoms with van der Waals surface area (Å²) in [6.07, 6.45) is 5.58. The molecule has 0 unspecified atom stereocenters. The van der Waals surface area contributed by atoms with Gasteiger partial charge in [0, 0.05) is 13.1 Å². The van der Waals surface area contributed by atoms with Crippen molar-refractivity contribution in [2.75, 3.05) is 26.5 Å². The van der Waals surface area contributed by atoms with Crippen molar-refractivity contribution in [3.05, 3.63) is 35.9 Å².